The number of thiophene rings is 1. The van der Waals surface area contributed by atoms with Crippen LogP contribution in [0.15, 0.2) is 51.1 Å². The maximum atomic E-state index is 13.9. The van der Waals surface area contributed by atoms with Crippen LogP contribution in [0.5, 0.6) is 0 Å². The van der Waals surface area contributed by atoms with Gasteiger partial charge in [0, 0.05) is 26.2 Å². The predicted molar refractivity (Wildman–Crippen MR) is 98.0 cm³/mol. The van der Waals surface area contributed by atoms with E-state index in [1.165, 1.54) is 33.8 Å². The Morgan fingerprint density at radius 3 is 2.56 bits per heavy atom. The van der Waals surface area contributed by atoms with Crippen molar-refractivity contribution in [2.45, 2.75) is 11.4 Å². The van der Waals surface area contributed by atoms with E-state index >= 15 is 0 Å². The van der Waals surface area contributed by atoms with Crippen molar-refractivity contribution in [1.82, 2.24) is 19.4 Å². The molecule has 1 aliphatic heterocycles. The first-order valence-corrected chi connectivity index (χ1v) is 10.7. The summed E-state index contributed by atoms with van der Waals surface area (Å²) in [6.45, 7) is 2.02. The van der Waals surface area contributed by atoms with Gasteiger partial charge in [0.1, 0.15) is 10.7 Å². The minimum atomic E-state index is -3.83. The van der Waals surface area contributed by atoms with Crippen molar-refractivity contribution in [2.75, 3.05) is 26.2 Å². The van der Waals surface area contributed by atoms with E-state index in [9.17, 15) is 12.8 Å². The van der Waals surface area contributed by atoms with Gasteiger partial charge in [0.15, 0.2) is 0 Å². The van der Waals surface area contributed by atoms with Crippen molar-refractivity contribution in [2.24, 2.45) is 0 Å². The molecule has 3 heterocycles. The highest BCUT2D eigenvalue weighted by Gasteiger charge is 2.30. The largest absolute Gasteiger partial charge is 0.419 e. The fourth-order valence-electron chi connectivity index (χ4n) is 2.93. The number of piperazine rings is 1. The van der Waals surface area contributed by atoms with Crippen LogP contribution >= 0.6 is 11.3 Å². The van der Waals surface area contributed by atoms with Crippen LogP contribution in [0.25, 0.3) is 10.8 Å². The number of hydrogen-bond acceptors (Lipinski definition) is 7. The molecule has 1 fully saturated rings. The second kappa shape index (κ2) is 7.47. The molecule has 7 nitrogen and oxygen atoms in total. The molecule has 1 saturated heterocycles. The predicted octanol–water partition coefficient (Wildman–Crippen LogP) is 2.44. The Balaban J connectivity index is 1.39. The molecule has 0 radical (unpaired) electrons. The highest BCUT2D eigenvalue weighted by atomic mass is 32.2. The van der Waals surface area contributed by atoms with E-state index in [0.29, 0.717) is 31.4 Å². The maximum Gasteiger partial charge on any atom is 0.257 e. The molecule has 27 heavy (non-hydrogen) atoms. The van der Waals surface area contributed by atoms with Crippen LogP contribution in [0, 0.1) is 5.82 Å². The van der Waals surface area contributed by atoms with Crippen molar-refractivity contribution in [3.8, 4) is 10.8 Å². The van der Waals surface area contributed by atoms with E-state index in [2.05, 4.69) is 10.2 Å². The van der Waals surface area contributed by atoms with E-state index < -0.39 is 15.8 Å². The first-order chi connectivity index (χ1) is 13.0. The van der Waals surface area contributed by atoms with E-state index in [1.54, 1.807) is 0 Å². The van der Waals surface area contributed by atoms with Gasteiger partial charge >= 0.3 is 0 Å². The molecule has 0 N–H and O–H groups in total. The van der Waals surface area contributed by atoms with Crippen molar-refractivity contribution in [3.05, 3.63) is 53.5 Å². The Bertz CT molecular complexity index is 1010. The zero-order chi connectivity index (χ0) is 18.9. The summed E-state index contributed by atoms with van der Waals surface area (Å²) in [7, 11) is -3.83. The number of sulfonamides is 1. The van der Waals surface area contributed by atoms with Gasteiger partial charge < -0.3 is 4.42 Å². The molecule has 142 valence electrons. The third-order valence-electron chi connectivity index (χ3n) is 4.34. The molecule has 1 aliphatic rings. The van der Waals surface area contributed by atoms with Gasteiger partial charge in [-0.25, -0.2) is 12.8 Å². The third kappa shape index (κ3) is 3.79. The minimum Gasteiger partial charge on any atom is -0.419 e. The van der Waals surface area contributed by atoms with Crippen molar-refractivity contribution in [3.63, 3.8) is 0 Å². The molecule has 0 unspecified atom stereocenters. The first-order valence-electron chi connectivity index (χ1n) is 8.37. The molecule has 0 amide bonds. The highest BCUT2D eigenvalue weighted by molar-refractivity contribution is 7.89. The minimum absolute atomic E-state index is 0.280. The normalized spacial score (nSPS) is 16.6. The van der Waals surface area contributed by atoms with Crippen LogP contribution < -0.4 is 0 Å². The average Bonchev–Trinajstić information content (AvgIpc) is 3.34. The van der Waals surface area contributed by atoms with Crippen LogP contribution in [0.4, 0.5) is 4.39 Å². The molecule has 0 bridgehead atoms. The Morgan fingerprint density at radius 1 is 1.07 bits per heavy atom. The van der Waals surface area contributed by atoms with Gasteiger partial charge in [0.05, 0.1) is 11.4 Å². The summed E-state index contributed by atoms with van der Waals surface area (Å²) in [5.41, 5.74) is 0. The first kappa shape index (κ1) is 18.2. The molecule has 0 aliphatic carbocycles. The standard InChI is InChI=1S/C17H17FN4O3S2/c18-13-4-1-2-6-15(13)27(23,24)22-9-7-21(8-10-22)12-16-19-20-17(25-16)14-5-3-11-26-14/h1-6,11H,7-10,12H2. The average molecular weight is 408 g/mol. The zero-order valence-corrected chi connectivity index (χ0v) is 15.9. The Labute approximate surface area is 160 Å². The fraction of sp³-hybridized carbons (Fsp3) is 0.294. The summed E-state index contributed by atoms with van der Waals surface area (Å²) in [5, 5.41) is 10.0. The third-order valence-corrected chi connectivity index (χ3v) is 7.13. The zero-order valence-electron chi connectivity index (χ0n) is 14.3. The van der Waals surface area contributed by atoms with Crippen LogP contribution in [0.1, 0.15) is 5.89 Å². The summed E-state index contributed by atoms with van der Waals surface area (Å²) in [5.74, 6) is 0.247. The van der Waals surface area contributed by atoms with Crippen LogP contribution in [-0.2, 0) is 16.6 Å². The number of nitrogens with zero attached hydrogens (tertiary/aromatic N) is 4. The summed E-state index contributed by atoms with van der Waals surface area (Å²) in [6, 6.07) is 9.27. The Morgan fingerprint density at radius 2 is 1.85 bits per heavy atom. The molecule has 3 aromatic rings. The SMILES string of the molecule is O=S(=O)(c1ccccc1F)N1CCN(Cc2nnc(-c3cccs3)o2)CC1. The molecule has 0 saturated carbocycles. The quantitative estimate of drug-likeness (QED) is 0.645. The van der Waals surface area contributed by atoms with E-state index in [0.717, 1.165) is 10.9 Å². The molecular weight excluding hydrogens is 391 g/mol. The monoisotopic (exact) mass is 408 g/mol. The van der Waals surface area contributed by atoms with Gasteiger partial charge in [-0.1, -0.05) is 18.2 Å². The van der Waals surface area contributed by atoms with Gasteiger partial charge in [-0.15, -0.1) is 21.5 Å². The van der Waals surface area contributed by atoms with Crippen molar-refractivity contribution < 1.29 is 17.2 Å². The lowest BCUT2D eigenvalue weighted by molar-refractivity contribution is 0.168. The highest BCUT2D eigenvalue weighted by Crippen LogP contribution is 2.24. The van der Waals surface area contributed by atoms with Crippen molar-refractivity contribution >= 4 is 21.4 Å². The summed E-state index contributed by atoms with van der Waals surface area (Å²) >= 11 is 1.52. The van der Waals surface area contributed by atoms with Gasteiger partial charge in [0.2, 0.25) is 15.9 Å². The number of rotatable bonds is 5. The van der Waals surface area contributed by atoms with Crippen LogP contribution in [0.2, 0.25) is 0 Å². The molecule has 0 spiro atoms. The smallest absolute Gasteiger partial charge is 0.257 e. The topological polar surface area (TPSA) is 79.5 Å². The molecule has 4 rings (SSSR count). The summed E-state index contributed by atoms with van der Waals surface area (Å²) in [4.78, 5) is 2.67. The number of benzene rings is 1. The van der Waals surface area contributed by atoms with Gasteiger partial charge in [-0.2, -0.15) is 4.31 Å². The van der Waals surface area contributed by atoms with E-state index in [4.69, 9.17) is 4.42 Å². The maximum absolute atomic E-state index is 13.9. The summed E-state index contributed by atoms with van der Waals surface area (Å²) in [6.07, 6.45) is 0. The Kier molecular flexibility index (Phi) is 5.04. The summed E-state index contributed by atoms with van der Waals surface area (Å²) < 4.78 is 46.1. The number of halogens is 1. The number of aromatic nitrogens is 2. The van der Waals surface area contributed by atoms with Crippen LogP contribution in [-0.4, -0.2) is 54.0 Å². The van der Waals surface area contributed by atoms with E-state index in [1.807, 2.05) is 22.4 Å². The molecule has 1 aromatic carbocycles. The Hall–Kier alpha value is -2.14. The number of hydrogen-bond donors (Lipinski definition) is 0. The van der Waals surface area contributed by atoms with Gasteiger partial charge in [-0.05, 0) is 23.6 Å². The van der Waals surface area contributed by atoms with Gasteiger partial charge in [-0.3, -0.25) is 4.90 Å². The second-order valence-corrected chi connectivity index (χ2v) is 8.94. The molecule has 10 heteroatoms. The van der Waals surface area contributed by atoms with Gasteiger partial charge in [0.25, 0.3) is 5.89 Å². The molecule has 0 atom stereocenters. The lowest BCUT2D eigenvalue weighted by Gasteiger charge is -2.33. The lowest BCUT2D eigenvalue weighted by Crippen LogP contribution is -2.48. The second-order valence-electron chi connectivity index (χ2n) is 6.09. The lowest BCUT2D eigenvalue weighted by atomic mass is 10.3. The van der Waals surface area contributed by atoms with Crippen molar-refractivity contribution in [1.29, 1.82) is 0 Å². The fourth-order valence-corrected chi connectivity index (χ4v) is 5.06. The molecule has 2 aromatic heterocycles. The molecular formula is C17H17FN4O3S2. The van der Waals surface area contributed by atoms with Crippen LogP contribution in [0.3, 0.4) is 0 Å². The van der Waals surface area contributed by atoms with E-state index in [-0.39, 0.29) is 18.0 Å².